The molecule has 0 fully saturated rings. The lowest BCUT2D eigenvalue weighted by molar-refractivity contribution is -0.134. The van der Waals surface area contributed by atoms with Gasteiger partial charge in [-0.15, -0.1) is 0 Å². The van der Waals surface area contributed by atoms with E-state index in [1.165, 1.54) is 5.56 Å². The van der Waals surface area contributed by atoms with Crippen molar-refractivity contribution in [1.82, 2.24) is 4.90 Å². The standard InChI is InChI=1S/C25H27NO2/c1-19-14-20(2)21(3)24(15-19)28-18-25(27)26(16-22-10-6-4-7-11-22)17-23-12-8-5-9-13-23/h4-15H,16-18H2,1-3H3. The summed E-state index contributed by atoms with van der Waals surface area (Å²) < 4.78 is 5.93. The molecule has 0 saturated carbocycles. The Labute approximate surface area is 167 Å². The topological polar surface area (TPSA) is 29.5 Å². The molecular formula is C25H27NO2. The summed E-state index contributed by atoms with van der Waals surface area (Å²) in [6, 6.07) is 24.2. The molecule has 0 radical (unpaired) electrons. The van der Waals surface area contributed by atoms with Gasteiger partial charge in [0, 0.05) is 13.1 Å². The predicted molar refractivity (Wildman–Crippen MR) is 113 cm³/mol. The summed E-state index contributed by atoms with van der Waals surface area (Å²) in [7, 11) is 0. The summed E-state index contributed by atoms with van der Waals surface area (Å²) in [5, 5.41) is 0. The molecule has 0 aliphatic heterocycles. The van der Waals surface area contributed by atoms with Gasteiger partial charge in [-0.1, -0.05) is 66.7 Å². The Kier molecular flexibility index (Phi) is 6.49. The molecule has 0 saturated heterocycles. The van der Waals surface area contributed by atoms with Crippen molar-refractivity contribution in [3.8, 4) is 5.75 Å². The molecule has 0 unspecified atom stereocenters. The summed E-state index contributed by atoms with van der Waals surface area (Å²) in [5.74, 6) is 0.761. The zero-order valence-electron chi connectivity index (χ0n) is 16.8. The van der Waals surface area contributed by atoms with E-state index in [0.717, 1.165) is 28.0 Å². The lowest BCUT2D eigenvalue weighted by Crippen LogP contribution is -2.34. The normalized spacial score (nSPS) is 10.5. The van der Waals surface area contributed by atoms with Crippen molar-refractivity contribution < 1.29 is 9.53 Å². The second-order valence-electron chi connectivity index (χ2n) is 7.21. The van der Waals surface area contributed by atoms with Gasteiger partial charge >= 0.3 is 0 Å². The van der Waals surface area contributed by atoms with Crippen molar-refractivity contribution in [2.45, 2.75) is 33.9 Å². The monoisotopic (exact) mass is 373 g/mol. The van der Waals surface area contributed by atoms with Gasteiger partial charge in [-0.05, 0) is 54.7 Å². The van der Waals surface area contributed by atoms with Crippen LogP contribution in [0.15, 0.2) is 72.8 Å². The first-order valence-corrected chi connectivity index (χ1v) is 9.59. The quantitative estimate of drug-likeness (QED) is 0.568. The molecule has 3 nitrogen and oxygen atoms in total. The Balaban J connectivity index is 1.74. The fraction of sp³-hybridized carbons (Fsp3) is 0.240. The average Bonchev–Trinajstić information content (AvgIpc) is 2.70. The molecule has 1 amide bonds. The van der Waals surface area contributed by atoms with Crippen molar-refractivity contribution >= 4 is 5.91 Å². The number of aryl methyl sites for hydroxylation is 2. The number of benzene rings is 3. The van der Waals surface area contributed by atoms with Crippen LogP contribution in [0, 0.1) is 20.8 Å². The molecular weight excluding hydrogens is 346 g/mol. The van der Waals surface area contributed by atoms with E-state index in [2.05, 4.69) is 13.0 Å². The maximum Gasteiger partial charge on any atom is 0.261 e. The second kappa shape index (κ2) is 9.23. The van der Waals surface area contributed by atoms with Gasteiger partial charge in [-0.2, -0.15) is 0 Å². The zero-order chi connectivity index (χ0) is 19.9. The van der Waals surface area contributed by atoms with Crippen LogP contribution in [-0.4, -0.2) is 17.4 Å². The van der Waals surface area contributed by atoms with Crippen LogP contribution in [0.5, 0.6) is 5.75 Å². The van der Waals surface area contributed by atoms with E-state index in [0.29, 0.717) is 13.1 Å². The van der Waals surface area contributed by atoms with E-state index in [-0.39, 0.29) is 12.5 Å². The van der Waals surface area contributed by atoms with E-state index in [9.17, 15) is 4.79 Å². The molecule has 3 aromatic carbocycles. The second-order valence-corrected chi connectivity index (χ2v) is 7.21. The van der Waals surface area contributed by atoms with E-state index < -0.39 is 0 Å². The maximum atomic E-state index is 13.0. The number of amides is 1. The third kappa shape index (κ3) is 5.23. The van der Waals surface area contributed by atoms with E-state index in [1.54, 1.807) is 0 Å². The van der Waals surface area contributed by atoms with Crippen molar-refractivity contribution in [3.63, 3.8) is 0 Å². The molecule has 0 bridgehead atoms. The minimum absolute atomic E-state index is 0.0220. The number of hydrogen-bond acceptors (Lipinski definition) is 2. The minimum Gasteiger partial charge on any atom is -0.483 e. The minimum atomic E-state index is -0.0220. The molecule has 0 N–H and O–H groups in total. The van der Waals surface area contributed by atoms with E-state index in [1.807, 2.05) is 85.5 Å². The number of carbonyl (C=O) groups is 1. The number of carbonyl (C=O) groups excluding carboxylic acids is 1. The summed E-state index contributed by atoms with van der Waals surface area (Å²) in [4.78, 5) is 14.9. The Morgan fingerprint density at radius 2 is 1.36 bits per heavy atom. The van der Waals surface area contributed by atoms with Gasteiger partial charge < -0.3 is 9.64 Å². The Bertz CT molecular complexity index is 879. The lowest BCUT2D eigenvalue weighted by Gasteiger charge is -2.23. The SMILES string of the molecule is Cc1cc(C)c(C)c(OCC(=O)N(Cc2ccccc2)Cc2ccccc2)c1. The molecule has 0 heterocycles. The largest absolute Gasteiger partial charge is 0.483 e. The summed E-state index contributed by atoms with van der Waals surface area (Å²) in [5.41, 5.74) is 5.60. The van der Waals surface area contributed by atoms with Crippen LogP contribution in [0.1, 0.15) is 27.8 Å². The first-order valence-electron chi connectivity index (χ1n) is 9.59. The molecule has 0 spiro atoms. The van der Waals surface area contributed by atoms with Crippen LogP contribution < -0.4 is 4.74 Å². The smallest absolute Gasteiger partial charge is 0.261 e. The molecule has 3 heteroatoms. The van der Waals surface area contributed by atoms with Crippen LogP contribution in [0.2, 0.25) is 0 Å². The fourth-order valence-corrected chi connectivity index (χ4v) is 3.22. The molecule has 144 valence electrons. The Morgan fingerprint density at radius 3 is 1.89 bits per heavy atom. The van der Waals surface area contributed by atoms with Crippen LogP contribution in [0.3, 0.4) is 0 Å². The van der Waals surface area contributed by atoms with Gasteiger partial charge in [0.05, 0.1) is 0 Å². The van der Waals surface area contributed by atoms with E-state index in [4.69, 9.17) is 4.74 Å². The highest BCUT2D eigenvalue weighted by Gasteiger charge is 2.16. The highest BCUT2D eigenvalue weighted by molar-refractivity contribution is 5.78. The average molecular weight is 373 g/mol. The lowest BCUT2D eigenvalue weighted by atomic mass is 10.1. The number of hydrogen-bond donors (Lipinski definition) is 0. The highest BCUT2D eigenvalue weighted by Crippen LogP contribution is 2.23. The Hall–Kier alpha value is -3.07. The van der Waals surface area contributed by atoms with Crippen LogP contribution >= 0.6 is 0 Å². The van der Waals surface area contributed by atoms with Gasteiger partial charge in [0.1, 0.15) is 5.75 Å². The van der Waals surface area contributed by atoms with Gasteiger partial charge in [0.15, 0.2) is 6.61 Å². The van der Waals surface area contributed by atoms with Crippen LogP contribution in [-0.2, 0) is 17.9 Å². The van der Waals surface area contributed by atoms with Crippen molar-refractivity contribution in [3.05, 3.63) is 101 Å². The molecule has 3 rings (SSSR count). The van der Waals surface area contributed by atoms with E-state index >= 15 is 0 Å². The number of nitrogens with zero attached hydrogens (tertiary/aromatic N) is 1. The molecule has 3 aromatic rings. The third-order valence-corrected chi connectivity index (χ3v) is 4.90. The number of rotatable bonds is 7. The first-order chi connectivity index (χ1) is 13.5. The van der Waals surface area contributed by atoms with Crippen LogP contribution in [0.25, 0.3) is 0 Å². The third-order valence-electron chi connectivity index (χ3n) is 4.90. The zero-order valence-corrected chi connectivity index (χ0v) is 16.8. The predicted octanol–water partition coefficient (Wildman–Crippen LogP) is 5.22. The van der Waals surface area contributed by atoms with Gasteiger partial charge in [0.25, 0.3) is 5.91 Å². The highest BCUT2D eigenvalue weighted by atomic mass is 16.5. The Morgan fingerprint density at radius 1 is 0.821 bits per heavy atom. The van der Waals surface area contributed by atoms with Crippen molar-refractivity contribution in [1.29, 1.82) is 0 Å². The summed E-state index contributed by atoms with van der Waals surface area (Å²) in [6.07, 6.45) is 0. The van der Waals surface area contributed by atoms with Gasteiger partial charge in [0.2, 0.25) is 0 Å². The molecule has 0 aromatic heterocycles. The molecule has 0 atom stereocenters. The fourth-order valence-electron chi connectivity index (χ4n) is 3.22. The summed E-state index contributed by atoms with van der Waals surface area (Å²) >= 11 is 0. The maximum absolute atomic E-state index is 13.0. The van der Waals surface area contributed by atoms with Gasteiger partial charge in [-0.3, -0.25) is 4.79 Å². The molecule has 28 heavy (non-hydrogen) atoms. The first kappa shape index (κ1) is 19.7. The summed E-state index contributed by atoms with van der Waals surface area (Å²) in [6.45, 7) is 7.28. The van der Waals surface area contributed by atoms with Crippen molar-refractivity contribution in [2.75, 3.05) is 6.61 Å². The van der Waals surface area contributed by atoms with Crippen LogP contribution in [0.4, 0.5) is 0 Å². The number of ether oxygens (including phenoxy) is 1. The van der Waals surface area contributed by atoms with Crippen molar-refractivity contribution in [2.24, 2.45) is 0 Å². The van der Waals surface area contributed by atoms with Gasteiger partial charge in [-0.25, -0.2) is 0 Å². The molecule has 0 aliphatic rings. The molecule has 0 aliphatic carbocycles.